The number of benzene rings is 1. The molecule has 0 amide bonds. The number of nitrogens with zero attached hydrogens (tertiary/aromatic N) is 3. The quantitative estimate of drug-likeness (QED) is 0.191. The van der Waals surface area contributed by atoms with Crippen LogP contribution in [0.5, 0.6) is 0 Å². The summed E-state index contributed by atoms with van der Waals surface area (Å²) < 4.78 is 14.9. The Balaban J connectivity index is 0.00000312. The first-order valence-corrected chi connectivity index (χ1v) is 9.05. The largest absolute Gasteiger partial charge is 0.356 e. The van der Waals surface area contributed by atoms with Crippen molar-refractivity contribution in [3.05, 3.63) is 48.8 Å². The Morgan fingerprint density at radius 1 is 1.20 bits per heavy atom. The third-order valence-corrected chi connectivity index (χ3v) is 4.46. The van der Waals surface area contributed by atoms with Gasteiger partial charge in [-0.05, 0) is 42.9 Å². The van der Waals surface area contributed by atoms with Gasteiger partial charge in [-0.1, -0.05) is 0 Å². The molecule has 0 aliphatic carbocycles. The normalized spacial score (nSPS) is 11.0. The number of halogens is 2. The van der Waals surface area contributed by atoms with E-state index >= 15 is 0 Å². The van der Waals surface area contributed by atoms with Gasteiger partial charge in [-0.25, -0.2) is 9.37 Å². The third kappa shape index (κ3) is 9.10. The first-order valence-electron chi connectivity index (χ1n) is 8.06. The minimum Gasteiger partial charge on any atom is -0.356 e. The zero-order valence-corrected chi connectivity index (χ0v) is 17.5. The number of aromatic nitrogens is 2. The van der Waals surface area contributed by atoms with Crippen molar-refractivity contribution < 1.29 is 4.39 Å². The van der Waals surface area contributed by atoms with Gasteiger partial charge < -0.3 is 15.2 Å². The van der Waals surface area contributed by atoms with Gasteiger partial charge in [-0.2, -0.15) is 0 Å². The molecule has 1 aromatic carbocycles. The highest BCUT2D eigenvalue weighted by atomic mass is 127. The van der Waals surface area contributed by atoms with E-state index in [9.17, 15) is 4.39 Å². The van der Waals surface area contributed by atoms with Gasteiger partial charge >= 0.3 is 0 Å². The van der Waals surface area contributed by atoms with Gasteiger partial charge in [0.05, 0.1) is 6.33 Å². The molecule has 2 rings (SSSR count). The van der Waals surface area contributed by atoms with Crippen molar-refractivity contribution in [2.45, 2.75) is 24.3 Å². The number of nitrogens with one attached hydrogen (secondary N) is 2. The van der Waals surface area contributed by atoms with E-state index in [2.05, 4.69) is 25.2 Å². The van der Waals surface area contributed by atoms with E-state index in [0.717, 1.165) is 49.1 Å². The number of thioether (sulfide) groups is 1. The van der Waals surface area contributed by atoms with Crippen LogP contribution in [0.15, 0.2) is 52.9 Å². The molecule has 0 fully saturated rings. The maximum atomic E-state index is 12.8. The second-order valence-corrected chi connectivity index (χ2v) is 6.40. The predicted molar refractivity (Wildman–Crippen MR) is 113 cm³/mol. The highest BCUT2D eigenvalue weighted by Gasteiger charge is 1.98. The van der Waals surface area contributed by atoms with Crippen LogP contribution in [0.2, 0.25) is 0 Å². The first kappa shape index (κ1) is 21.8. The minimum atomic E-state index is -0.191. The predicted octanol–water partition coefficient (Wildman–Crippen LogP) is 3.38. The Bertz CT molecular complexity index is 604. The molecule has 0 spiro atoms. The third-order valence-electron chi connectivity index (χ3n) is 3.36. The van der Waals surface area contributed by atoms with Crippen LogP contribution in [0.1, 0.15) is 12.8 Å². The second kappa shape index (κ2) is 13.0. The summed E-state index contributed by atoms with van der Waals surface area (Å²) in [6.07, 6.45) is 7.60. The summed E-state index contributed by atoms with van der Waals surface area (Å²) in [4.78, 5) is 9.33. The fourth-order valence-electron chi connectivity index (χ4n) is 2.11. The molecule has 2 aromatic rings. The molecule has 138 valence electrons. The van der Waals surface area contributed by atoms with Gasteiger partial charge in [0.25, 0.3) is 0 Å². The summed E-state index contributed by atoms with van der Waals surface area (Å²) in [7, 11) is 1.78. The van der Waals surface area contributed by atoms with Crippen molar-refractivity contribution in [2.75, 3.05) is 25.9 Å². The Labute approximate surface area is 169 Å². The monoisotopic (exact) mass is 477 g/mol. The van der Waals surface area contributed by atoms with E-state index in [0.29, 0.717) is 0 Å². The van der Waals surface area contributed by atoms with Gasteiger partial charge in [-0.3, -0.25) is 4.99 Å². The average molecular weight is 477 g/mol. The number of aliphatic imine (C=N–C) groups is 1. The lowest BCUT2D eigenvalue weighted by Gasteiger charge is -2.12. The van der Waals surface area contributed by atoms with Crippen LogP contribution in [0.3, 0.4) is 0 Å². The lowest BCUT2D eigenvalue weighted by Crippen LogP contribution is -2.38. The van der Waals surface area contributed by atoms with E-state index in [-0.39, 0.29) is 29.8 Å². The van der Waals surface area contributed by atoms with Crippen LogP contribution in [-0.4, -0.2) is 41.4 Å². The second-order valence-electron chi connectivity index (χ2n) is 5.24. The van der Waals surface area contributed by atoms with E-state index in [1.807, 2.05) is 24.7 Å². The molecule has 0 unspecified atom stereocenters. The summed E-state index contributed by atoms with van der Waals surface area (Å²) in [5, 5.41) is 6.61. The number of hydrogen-bond donors (Lipinski definition) is 2. The molecule has 2 N–H and O–H groups in total. The Morgan fingerprint density at radius 2 is 1.92 bits per heavy atom. The molecule has 1 heterocycles. The molecule has 1 aromatic heterocycles. The zero-order chi connectivity index (χ0) is 17.0. The van der Waals surface area contributed by atoms with Crippen LogP contribution in [-0.2, 0) is 6.54 Å². The number of guanidine groups is 1. The van der Waals surface area contributed by atoms with Gasteiger partial charge in [0, 0.05) is 44.0 Å². The SMILES string of the molecule is CN=C(NCCCSc1ccc(F)cc1)NCCCn1ccnc1.I. The molecule has 0 aliphatic rings. The van der Waals surface area contributed by atoms with Crippen LogP contribution in [0, 0.1) is 5.82 Å². The molecule has 0 radical (unpaired) electrons. The zero-order valence-electron chi connectivity index (χ0n) is 14.3. The molecule has 0 saturated carbocycles. The summed E-state index contributed by atoms with van der Waals surface area (Å²) >= 11 is 1.73. The summed E-state index contributed by atoms with van der Waals surface area (Å²) in [5.41, 5.74) is 0. The van der Waals surface area contributed by atoms with Crippen LogP contribution in [0.25, 0.3) is 0 Å². The Kier molecular flexibility index (Phi) is 11.3. The van der Waals surface area contributed by atoms with E-state index in [1.54, 1.807) is 25.0 Å². The minimum absolute atomic E-state index is 0. The Hall–Kier alpha value is -1.29. The average Bonchev–Trinajstić information content (AvgIpc) is 3.11. The van der Waals surface area contributed by atoms with E-state index in [4.69, 9.17) is 0 Å². The lowest BCUT2D eigenvalue weighted by molar-refractivity contribution is 0.624. The molecule has 8 heteroatoms. The molecule has 5 nitrogen and oxygen atoms in total. The number of hydrogen-bond acceptors (Lipinski definition) is 3. The first-order chi connectivity index (χ1) is 11.8. The molecule has 0 saturated heterocycles. The fourth-order valence-corrected chi connectivity index (χ4v) is 2.96. The van der Waals surface area contributed by atoms with Crippen LogP contribution in [0.4, 0.5) is 4.39 Å². The van der Waals surface area contributed by atoms with Crippen molar-refractivity contribution in [1.29, 1.82) is 0 Å². The van der Waals surface area contributed by atoms with Gasteiger partial charge in [0.15, 0.2) is 5.96 Å². The molecule has 25 heavy (non-hydrogen) atoms. The molecule has 0 bridgehead atoms. The van der Waals surface area contributed by atoms with Crippen molar-refractivity contribution >= 4 is 41.7 Å². The van der Waals surface area contributed by atoms with Crippen molar-refractivity contribution in [3.63, 3.8) is 0 Å². The van der Waals surface area contributed by atoms with Gasteiger partial charge in [0.1, 0.15) is 5.82 Å². The number of rotatable bonds is 9. The smallest absolute Gasteiger partial charge is 0.190 e. The van der Waals surface area contributed by atoms with Crippen molar-refractivity contribution in [1.82, 2.24) is 20.2 Å². The van der Waals surface area contributed by atoms with Crippen molar-refractivity contribution in [2.24, 2.45) is 4.99 Å². The lowest BCUT2D eigenvalue weighted by atomic mass is 10.4. The number of aryl methyl sites for hydroxylation is 1. The van der Waals surface area contributed by atoms with Crippen LogP contribution >= 0.6 is 35.7 Å². The summed E-state index contributed by atoms with van der Waals surface area (Å²) in [5.74, 6) is 1.62. The van der Waals surface area contributed by atoms with Crippen LogP contribution < -0.4 is 10.6 Å². The molecular formula is C17H25FIN5S. The number of imidazole rings is 1. The highest BCUT2D eigenvalue weighted by Crippen LogP contribution is 2.18. The maximum Gasteiger partial charge on any atom is 0.190 e. The van der Waals surface area contributed by atoms with Gasteiger partial charge in [0.2, 0.25) is 0 Å². The van der Waals surface area contributed by atoms with E-state index in [1.165, 1.54) is 12.1 Å². The molecular weight excluding hydrogens is 452 g/mol. The standard InChI is InChI=1S/C17H24FN5S.HI/c1-19-17(21-8-2-11-23-12-10-20-14-23)22-9-3-13-24-16-6-4-15(18)5-7-16;/h4-7,10,12,14H,2-3,8-9,11,13H2,1H3,(H2,19,21,22);1H. The topological polar surface area (TPSA) is 54.2 Å². The molecule has 0 atom stereocenters. The fraction of sp³-hybridized carbons (Fsp3) is 0.412. The Morgan fingerprint density at radius 3 is 2.56 bits per heavy atom. The molecule has 0 aliphatic heterocycles. The highest BCUT2D eigenvalue weighted by molar-refractivity contribution is 14.0. The van der Waals surface area contributed by atoms with Crippen molar-refractivity contribution in [3.8, 4) is 0 Å². The maximum absolute atomic E-state index is 12.8. The van der Waals surface area contributed by atoms with Gasteiger partial charge in [-0.15, -0.1) is 35.7 Å². The summed E-state index contributed by atoms with van der Waals surface area (Å²) in [6, 6.07) is 6.62. The summed E-state index contributed by atoms with van der Waals surface area (Å²) in [6.45, 7) is 2.66. The van der Waals surface area contributed by atoms with E-state index < -0.39 is 0 Å².